The summed E-state index contributed by atoms with van der Waals surface area (Å²) < 4.78 is 1.68. The number of aromatic nitrogens is 4. The summed E-state index contributed by atoms with van der Waals surface area (Å²) in [4.78, 5) is 18.2. The Morgan fingerprint density at radius 3 is 2.71 bits per heavy atom. The third kappa shape index (κ3) is 2.33. The van der Waals surface area contributed by atoms with Crippen LogP contribution in [-0.4, -0.2) is 19.7 Å². The summed E-state index contributed by atoms with van der Waals surface area (Å²) in [6.45, 7) is 3.61. The number of aryl methyl sites for hydroxylation is 3. The van der Waals surface area contributed by atoms with E-state index >= 15 is 0 Å². The van der Waals surface area contributed by atoms with E-state index in [1.54, 1.807) is 18.7 Å². The zero-order chi connectivity index (χ0) is 12.6. The largest absolute Gasteiger partial charge is 0.395 e. The highest BCUT2D eigenvalue weighted by Crippen LogP contribution is 2.30. The van der Waals surface area contributed by atoms with E-state index in [0.29, 0.717) is 16.5 Å². The molecule has 0 aliphatic carbocycles. The van der Waals surface area contributed by atoms with E-state index in [4.69, 9.17) is 5.73 Å². The molecule has 0 saturated heterocycles. The second kappa shape index (κ2) is 4.25. The van der Waals surface area contributed by atoms with Crippen LogP contribution in [0.1, 0.15) is 11.4 Å². The minimum absolute atomic E-state index is 0.169. The Bertz CT molecular complexity index is 616. The van der Waals surface area contributed by atoms with Gasteiger partial charge in [0.05, 0.1) is 11.4 Å². The molecule has 2 aromatic rings. The van der Waals surface area contributed by atoms with Crippen LogP contribution in [0, 0.1) is 13.8 Å². The number of nitrogen functional groups attached to an aromatic ring is 1. The van der Waals surface area contributed by atoms with Crippen LogP contribution in [0.3, 0.4) is 0 Å². The second-order valence-corrected chi connectivity index (χ2v) is 4.70. The van der Waals surface area contributed by atoms with Crippen molar-refractivity contribution in [3.05, 3.63) is 27.8 Å². The molecule has 0 radical (unpaired) electrons. The van der Waals surface area contributed by atoms with E-state index in [-0.39, 0.29) is 5.56 Å². The molecule has 7 heteroatoms. The van der Waals surface area contributed by atoms with Crippen LogP contribution in [0.15, 0.2) is 21.0 Å². The van der Waals surface area contributed by atoms with Crippen molar-refractivity contribution in [2.24, 2.45) is 7.05 Å². The number of aromatic amines is 1. The summed E-state index contributed by atoms with van der Waals surface area (Å²) in [6, 6.07) is 1.45. The minimum atomic E-state index is -0.169. The van der Waals surface area contributed by atoms with Crippen molar-refractivity contribution in [2.45, 2.75) is 24.0 Å². The van der Waals surface area contributed by atoms with Gasteiger partial charge in [-0.25, -0.2) is 4.98 Å². The molecule has 0 spiro atoms. The van der Waals surface area contributed by atoms with Crippen LogP contribution < -0.4 is 11.3 Å². The van der Waals surface area contributed by atoms with Crippen LogP contribution in [0.25, 0.3) is 0 Å². The van der Waals surface area contributed by atoms with E-state index in [1.807, 2.05) is 6.92 Å². The van der Waals surface area contributed by atoms with E-state index in [1.165, 1.54) is 17.8 Å². The molecule has 90 valence electrons. The van der Waals surface area contributed by atoms with E-state index in [0.717, 1.165) is 10.7 Å². The maximum atomic E-state index is 11.3. The molecule has 6 nitrogen and oxygen atoms in total. The quantitative estimate of drug-likeness (QED) is 0.772. The number of hydrogen-bond donors (Lipinski definition) is 2. The molecule has 0 aromatic carbocycles. The smallest absolute Gasteiger partial charge is 0.251 e. The molecule has 2 aromatic heterocycles. The van der Waals surface area contributed by atoms with E-state index < -0.39 is 0 Å². The van der Waals surface area contributed by atoms with Crippen molar-refractivity contribution >= 4 is 17.4 Å². The zero-order valence-electron chi connectivity index (χ0n) is 9.81. The lowest BCUT2D eigenvalue weighted by molar-refractivity contribution is 0.691. The number of nitrogens with zero attached hydrogens (tertiary/aromatic N) is 3. The molecule has 0 fully saturated rings. The topological polar surface area (TPSA) is 89.6 Å². The van der Waals surface area contributed by atoms with Crippen molar-refractivity contribution in [3.63, 3.8) is 0 Å². The summed E-state index contributed by atoms with van der Waals surface area (Å²) in [5, 5.41) is 5.50. The van der Waals surface area contributed by atoms with Crippen LogP contribution in [0.4, 0.5) is 5.69 Å². The van der Waals surface area contributed by atoms with Crippen molar-refractivity contribution in [1.29, 1.82) is 0 Å². The highest BCUT2D eigenvalue weighted by atomic mass is 32.2. The zero-order valence-corrected chi connectivity index (χ0v) is 10.6. The lowest BCUT2D eigenvalue weighted by Gasteiger charge is -2.02. The number of rotatable bonds is 2. The van der Waals surface area contributed by atoms with E-state index in [2.05, 4.69) is 15.1 Å². The molecule has 0 unspecified atom stereocenters. The Labute approximate surface area is 102 Å². The number of nitrogens with two attached hydrogens (primary N) is 1. The lowest BCUT2D eigenvalue weighted by Crippen LogP contribution is -2.08. The number of anilines is 1. The average molecular weight is 251 g/mol. The second-order valence-electron chi connectivity index (χ2n) is 3.72. The first kappa shape index (κ1) is 11.7. The van der Waals surface area contributed by atoms with Gasteiger partial charge in [0, 0.05) is 18.8 Å². The fourth-order valence-electron chi connectivity index (χ4n) is 1.47. The Morgan fingerprint density at radius 1 is 1.47 bits per heavy atom. The molecule has 0 atom stereocenters. The van der Waals surface area contributed by atoms with E-state index in [9.17, 15) is 4.79 Å². The monoisotopic (exact) mass is 251 g/mol. The van der Waals surface area contributed by atoms with Crippen LogP contribution in [0.2, 0.25) is 0 Å². The minimum Gasteiger partial charge on any atom is -0.395 e. The first-order valence-electron chi connectivity index (χ1n) is 5.02. The first-order chi connectivity index (χ1) is 7.97. The highest BCUT2D eigenvalue weighted by molar-refractivity contribution is 7.99. The molecular weight excluding hydrogens is 238 g/mol. The summed E-state index contributed by atoms with van der Waals surface area (Å²) in [6.07, 6.45) is 0. The van der Waals surface area contributed by atoms with Gasteiger partial charge in [0.1, 0.15) is 5.03 Å². The fourth-order valence-corrected chi connectivity index (χ4v) is 2.42. The third-order valence-electron chi connectivity index (χ3n) is 2.26. The van der Waals surface area contributed by atoms with Crippen molar-refractivity contribution < 1.29 is 0 Å². The molecule has 0 saturated carbocycles. The predicted octanol–water partition coefficient (Wildman–Crippen LogP) is 0.854. The molecular formula is C10H13N5OS. The molecule has 2 heterocycles. The van der Waals surface area contributed by atoms with Crippen LogP contribution in [-0.2, 0) is 7.05 Å². The van der Waals surface area contributed by atoms with Gasteiger partial charge in [0.15, 0.2) is 5.16 Å². The van der Waals surface area contributed by atoms with Gasteiger partial charge in [0.2, 0.25) is 0 Å². The van der Waals surface area contributed by atoms with Gasteiger partial charge in [-0.1, -0.05) is 0 Å². The summed E-state index contributed by atoms with van der Waals surface area (Å²) >= 11 is 1.30. The Kier molecular flexibility index (Phi) is 2.93. The van der Waals surface area contributed by atoms with Crippen molar-refractivity contribution in [2.75, 3.05) is 5.73 Å². The summed E-state index contributed by atoms with van der Waals surface area (Å²) in [7, 11) is 1.81. The Morgan fingerprint density at radius 2 is 2.18 bits per heavy atom. The predicted molar refractivity (Wildman–Crippen MR) is 66.1 cm³/mol. The normalized spacial score (nSPS) is 10.8. The average Bonchev–Trinajstić information content (AvgIpc) is 2.44. The van der Waals surface area contributed by atoms with Crippen LogP contribution in [0.5, 0.6) is 0 Å². The first-order valence-corrected chi connectivity index (χ1v) is 5.84. The Balaban J connectivity index is 2.41. The Hall–Kier alpha value is -1.76. The maximum absolute atomic E-state index is 11.3. The maximum Gasteiger partial charge on any atom is 0.251 e. The molecule has 0 amide bonds. The van der Waals surface area contributed by atoms with Crippen LogP contribution >= 0.6 is 11.8 Å². The van der Waals surface area contributed by atoms with Gasteiger partial charge < -0.3 is 10.7 Å². The molecule has 0 bridgehead atoms. The van der Waals surface area contributed by atoms with Gasteiger partial charge in [0.25, 0.3) is 5.56 Å². The van der Waals surface area contributed by atoms with Gasteiger partial charge in [-0.05, 0) is 25.6 Å². The molecule has 2 rings (SSSR count). The summed E-state index contributed by atoms with van der Waals surface area (Å²) in [5.74, 6) is 0. The summed E-state index contributed by atoms with van der Waals surface area (Å²) in [5.41, 5.74) is 7.79. The molecule has 0 aliphatic rings. The number of hydrogen-bond acceptors (Lipinski definition) is 5. The highest BCUT2D eigenvalue weighted by Gasteiger charge is 2.12. The third-order valence-corrected chi connectivity index (χ3v) is 3.32. The van der Waals surface area contributed by atoms with Gasteiger partial charge >= 0.3 is 0 Å². The van der Waals surface area contributed by atoms with Crippen molar-refractivity contribution in [1.82, 2.24) is 19.7 Å². The van der Waals surface area contributed by atoms with Crippen molar-refractivity contribution in [3.8, 4) is 0 Å². The molecule has 0 aliphatic heterocycles. The molecule has 3 N–H and O–H groups in total. The molecule has 17 heavy (non-hydrogen) atoms. The van der Waals surface area contributed by atoms with Gasteiger partial charge in [-0.15, -0.1) is 0 Å². The standard InChI is InChI=1S/C10H13N5OS/c1-5-4-7(16)13-10(12-5)17-9-8(11)6(2)14-15(9)3/h4H,11H2,1-3H3,(H,12,13,16). The fraction of sp³-hybridized carbons (Fsp3) is 0.300. The lowest BCUT2D eigenvalue weighted by atomic mass is 10.4. The SMILES string of the molecule is Cc1cc(=O)[nH]c(Sc2c(N)c(C)nn2C)n1. The number of nitrogens with one attached hydrogen (secondary N) is 1. The number of H-pyrrole nitrogens is 1. The van der Waals surface area contributed by atoms with Gasteiger partial charge in [-0.3, -0.25) is 9.48 Å². The van der Waals surface area contributed by atoms with Gasteiger partial charge in [-0.2, -0.15) is 5.10 Å².